The molecule has 0 bridgehead atoms. The monoisotopic (exact) mass is 297 g/mol. The second-order valence-electron chi connectivity index (χ2n) is 5.09. The molecular formula is C15H15N5O2. The van der Waals surface area contributed by atoms with Gasteiger partial charge in [-0.1, -0.05) is 18.2 Å². The number of hydrogen-bond acceptors (Lipinski definition) is 4. The number of hydrogen-bond donors (Lipinski definition) is 3. The summed E-state index contributed by atoms with van der Waals surface area (Å²) in [7, 11) is 0. The number of rotatable bonds is 3. The van der Waals surface area contributed by atoms with E-state index in [0.717, 1.165) is 5.69 Å². The quantitative estimate of drug-likeness (QED) is 0.680. The molecule has 7 nitrogen and oxygen atoms in total. The van der Waals surface area contributed by atoms with Crippen molar-refractivity contribution in [1.82, 2.24) is 25.5 Å². The number of H-pyrrole nitrogens is 2. The summed E-state index contributed by atoms with van der Waals surface area (Å²) in [5.74, 6) is 0.300. The minimum atomic E-state index is -0.367. The normalized spacial score (nSPS) is 12.3. The van der Waals surface area contributed by atoms with Crippen molar-refractivity contribution in [3.63, 3.8) is 0 Å². The Kier molecular flexibility index (Phi) is 3.46. The van der Waals surface area contributed by atoms with E-state index >= 15 is 0 Å². The number of fused-ring (bicyclic) bond motifs is 1. The molecule has 1 atom stereocenters. The second kappa shape index (κ2) is 5.44. The van der Waals surface area contributed by atoms with Crippen molar-refractivity contribution in [1.29, 1.82) is 0 Å². The first kappa shape index (κ1) is 14.0. The number of aryl methyl sites for hydroxylation is 1. The first-order valence-corrected chi connectivity index (χ1v) is 6.86. The first-order valence-electron chi connectivity index (χ1n) is 6.86. The van der Waals surface area contributed by atoms with Gasteiger partial charge < -0.3 is 10.3 Å². The maximum Gasteiger partial charge on any atom is 0.272 e. The third-order valence-corrected chi connectivity index (χ3v) is 3.39. The van der Waals surface area contributed by atoms with Crippen LogP contribution >= 0.6 is 0 Å². The molecule has 112 valence electrons. The van der Waals surface area contributed by atoms with Crippen LogP contribution in [-0.4, -0.2) is 26.1 Å². The molecule has 0 saturated carbocycles. The summed E-state index contributed by atoms with van der Waals surface area (Å²) in [4.78, 5) is 31.4. The summed E-state index contributed by atoms with van der Waals surface area (Å²) < 4.78 is 0. The van der Waals surface area contributed by atoms with Crippen LogP contribution in [0.25, 0.3) is 10.8 Å². The molecule has 22 heavy (non-hydrogen) atoms. The van der Waals surface area contributed by atoms with E-state index in [1.807, 2.05) is 13.8 Å². The number of aromatic amines is 2. The van der Waals surface area contributed by atoms with E-state index in [-0.39, 0.29) is 23.2 Å². The topological polar surface area (TPSA) is 104 Å². The van der Waals surface area contributed by atoms with E-state index in [4.69, 9.17) is 0 Å². The Morgan fingerprint density at radius 2 is 2.00 bits per heavy atom. The van der Waals surface area contributed by atoms with E-state index in [0.29, 0.717) is 16.6 Å². The van der Waals surface area contributed by atoms with Gasteiger partial charge in [-0.3, -0.25) is 9.59 Å². The molecule has 7 heteroatoms. The smallest absolute Gasteiger partial charge is 0.272 e. The van der Waals surface area contributed by atoms with Crippen LogP contribution in [0.5, 0.6) is 0 Å². The van der Waals surface area contributed by atoms with Gasteiger partial charge in [-0.2, -0.15) is 5.10 Å². The van der Waals surface area contributed by atoms with Crippen molar-refractivity contribution < 1.29 is 4.79 Å². The number of amides is 1. The Bertz CT molecular complexity index is 896. The summed E-state index contributed by atoms with van der Waals surface area (Å²) in [6.45, 7) is 3.71. The van der Waals surface area contributed by atoms with Crippen LogP contribution in [0.3, 0.4) is 0 Å². The van der Waals surface area contributed by atoms with E-state index in [1.54, 1.807) is 30.5 Å². The minimum absolute atomic E-state index is 0.185. The molecular weight excluding hydrogens is 282 g/mol. The number of carbonyl (C=O) groups is 1. The van der Waals surface area contributed by atoms with Crippen LogP contribution < -0.4 is 10.9 Å². The maximum atomic E-state index is 12.4. The highest BCUT2D eigenvalue weighted by Gasteiger charge is 2.18. The Hall–Kier alpha value is -2.96. The van der Waals surface area contributed by atoms with Crippen molar-refractivity contribution >= 4 is 16.7 Å². The molecule has 1 amide bonds. The first-order chi connectivity index (χ1) is 10.6. The van der Waals surface area contributed by atoms with Crippen molar-refractivity contribution in [3.05, 3.63) is 58.0 Å². The lowest BCUT2D eigenvalue weighted by Gasteiger charge is -2.12. The fourth-order valence-corrected chi connectivity index (χ4v) is 2.27. The molecule has 0 unspecified atom stereocenters. The van der Waals surface area contributed by atoms with E-state index in [1.165, 1.54) is 0 Å². The number of nitrogens with one attached hydrogen (secondary N) is 3. The summed E-state index contributed by atoms with van der Waals surface area (Å²) in [6, 6.07) is 6.57. The SMILES string of the molecule is Cc1cnc([C@H](C)NC(=O)c2n[nH]c(=O)c3ccccc23)[nH]1. The molecule has 2 aromatic heterocycles. The van der Waals surface area contributed by atoms with Gasteiger partial charge in [0.2, 0.25) is 0 Å². The van der Waals surface area contributed by atoms with Crippen LogP contribution in [-0.2, 0) is 0 Å². The minimum Gasteiger partial charge on any atom is -0.344 e. The number of nitrogens with zero attached hydrogens (tertiary/aromatic N) is 2. The molecule has 2 heterocycles. The fourth-order valence-electron chi connectivity index (χ4n) is 2.27. The van der Waals surface area contributed by atoms with Crippen molar-refractivity contribution in [2.24, 2.45) is 0 Å². The van der Waals surface area contributed by atoms with E-state index in [9.17, 15) is 9.59 Å². The molecule has 0 aliphatic heterocycles. The summed E-state index contributed by atoms with van der Waals surface area (Å²) >= 11 is 0. The van der Waals surface area contributed by atoms with E-state index in [2.05, 4.69) is 25.5 Å². The predicted octanol–water partition coefficient (Wildman–Crippen LogP) is 1.45. The Morgan fingerprint density at radius 1 is 1.27 bits per heavy atom. The van der Waals surface area contributed by atoms with Crippen LogP contribution in [0.1, 0.15) is 35.0 Å². The van der Waals surface area contributed by atoms with Gasteiger partial charge in [0.05, 0.1) is 11.4 Å². The largest absolute Gasteiger partial charge is 0.344 e. The van der Waals surface area contributed by atoms with Gasteiger partial charge in [0.25, 0.3) is 11.5 Å². The van der Waals surface area contributed by atoms with Crippen molar-refractivity contribution in [2.45, 2.75) is 19.9 Å². The molecule has 0 aliphatic rings. The van der Waals surface area contributed by atoms with Crippen LogP contribution in [0, 0.1) is 6.92 Å². The predicted molar refractivity (Wildman–Crippen MR) is 81.6 cm³/mol. The highest BCUT2D eigenvalue weighted by Crippen LogP contribution is 2.14. The van der Waals surface area contributed by atoms with Gasteiger partial charge in [-0.05, 0) is 19.9 Å². The summed E-state index contributed by atoms with van der Waals surface area (Å²) in [5.41, 5.74) is 0.788. The van der Waals surface area contributed by atoms with Crippen molar-refractivity contribution in [3.8, 4) is 0 Å². The van der Waals surface area contributed by atoms with Gasteiger partial charge in [0.15, 0.2) is 5.69 Å². The lowest BCUT2D eigenvalue weighted by Crippen LogP contribution is -2.29. The zero-order chi connectivity index (χ0) is 15.7. The number of imidazole rings is 1. The summed E-state index contributed by atoms with van der Waals surface area (Å²) in [6.07, 6.45) is 1.70. The average molecular weight is 297 g/mol. The number of benzene rings is 1. The average Bonchev–Trinajstić information content (AvgIpc) is 2.94. The molecule has 0 spiro atoms. The Balaban J connectivity index is 1.93. The van der Waals surface area contributed by atoms with Gasteiger partial charge >= 0.3 is 0 Å². The third kappa shape index (κ3) is 2.48. The zero-order valence-electron chi connectivity index (χ0n) is 12.2. The zero-order valence-corrected chi connectivity index (χ0v) is 12.2. The van der Waals surface area contributed by atoms with E-state index < -0.39 is 0 Å². The molecule has 0 aliphatic carbocycles. The standard InChI is InChI=1S/C15H15N5O2/c1-8-7-16-13(17-8)9(2)18-15(22)12-10-5-3-4-6-11(10)14(21)20-19-12/h3-7,9H,1-2H3,(H,16,17)(H,18,22)(H,20,21)/t9-/m0/s1. The van der Waals surface area contributed by atoms with Crippen LogP contribution in [0.15, 0.2) is 35.3 Å². The highest BCUT2D eigenvalue weighted by atomic mass is 16.2. The molecule has 3 aromatic rings. The molecule has 3 rings (SSSR count). The van der Waals surface area contributed by atoms with Gasteiger partial charge in [-0.15, -0.1) is 0 Å². The number of carbonyl (C=O) groups excluding carboxylic acids is 1. The molecule has 0 fully saturated rings. The van der Waals surface area contributed by atoms with Gasteiger partial charge in [-0.25, -0.2) is 10.1 Å². The van der Waals surface area contributed by atoms with Gasteiger partial charge in [0.1, 0.15) is 5.82 Å². The molecule has 1 aromatic carbocycles. The Labute approximate surface area is 125 Å². The van der Waals surface area contributed by atoms with Crippen LogP contribution in [0.4, 0.5) is 0 Å². The molecule has 3 N–H and O–H groups in total. The van der Waals surface area contributed by atoms with Crippen molar-refractivity contribution in [2.75, 3.05) is 0 Å². The molecule has 0 saturated heterocycles. The van der Waals surface area contributed by atoms with Gasteiger partial charge in [0, 0.05) is 17.3 Å². The van der Waals surface area contributed by atoms with Crippen LogP contribution in [0.2, 0.25) is 0 Å². The third-order valence-electron chi connectivity index (χ3n) is 3.39. The second-order valence-corrected chi connectivity index (χ2v) is 5.09. The number of aromatic nitrogens is 4. The summed E-state index contributed by atoms with van der Waals surface area (Å²) in [5, 5.41) is 10.0. The molecule has 0 radical (unpaired) electrons. The highest BCUT2D eigenvalue weighted by molar-refractivity contribution is 6.04. The fraction of sp³-hybridized carbons (Fsp3) is 0.200. The maximum absolute atomic E-state index is 12.4. The lowest BCUT2D eigenvalue weighted by atomic mass is 10.1. The Morgan fingerprint density at radius 3 is 2.68 bits per heavy atom. The lowest BCUT2D eigenvalue weighted by molar-refractivity contribution is 0.0934.